The maximum atomic E-state index is 12.6. The van der Waals surface area contributed by atoms with E-state index in [0.29, 0.717) is 18.5 Å². The highest BCUT2D eigenvalue weighted by Gasteiger charge is 2.29. The average Bonchev–Trinajstić information content (AvgIpc) is 3.04. The molecule has 7 nitrogen and oxygen atoms in total. The Morgan fingerprint density at radius 1 is 1.42 bits per heavy atom. The largest absolute Gasteiger partial charge is 0.394 e. The highest BCUT2D eigenvalue weighted by molar-refractivity contribution is 5.93. The monoisotopic (exact) mass is 339 g/mol. The van der Waals surface area contributed by atoms with Crippen molar-refractivity contribution in [1.29, 1.82) is 0 Å². The Bertz CT molecular complexity index is 490. The third kappa shape index (κ3) is 5.06. The molecule has 7 heteroatoms. The summed E-state index contributed by atoms with van der Waals surface area (Å²) in [5, 5.41) is 11.7. The van der Waals surface area contributed by atoms with E-state index in [2.05, 4.69) is 5.32 Å². The summed E-state index contributed by atoms with van der Waals surface area (Å²) in [4.78, 5) is 38.3. The molecular formula is C17H29N3O4. The normalized spacial score (nSPS) is 19.3. The van der Waals surface area contributed by atoms with Crippen LogP contribution in [0.5, 0.6) is 0 Å². The first-order chi connectivity index (χ1) is 11.3. The number of hydrogen-bond donors (Lipinski definition) is 2. The lowest BCUT2D eigenvalue weighted by molar-refractivity contribution is -0.132. The van der Waals surface area contributed by atoms with Gasteiger partial charge in [-0.1, -0.05) is 19.9 Å². The van der Waals surface area contributed by atoms with Crippen LogP contribution < -0.4 is 5.32 Å². The Morgan fingerprint density at radius 2 is 2.08 bits per heavy atom. The summed E-state index contributed by atoms with van der Waals surface area (Å²) >= 11 is 0. The number of carbonyl (C=O) groups is 3. The number of rotatable bonds is 8. The molecule has 1 saturated heterocycles. The Kier molecular flexibility index (Phi) is 7.91. The van der Waals surface area contributed by atoms with E-state index in [1.165, 1.54) is 0 Å². The number of hydrogen-bond acceptors (Lipinski definition) is 4. The Morgan fingerprint density at radius 3 is 2.62 bits per heavy atom. The number of nitrogens with one attached hydrogen (secondary N) is 1. The number of aliphatic hydroxyl groups is 1. The van der Waals surface area contributed by atoms with Gasteiger partial charge in [0, 0.05) is 19.2 Å². The smallest absolute Gasteiger partial charge is 0.249 e. The van der Waals surface area contributed by atoms with E-state index in [4.69, 9.17) is 0 Å². The molecule has 0 aromatic heterocycles. The molecule has 1 aliphatic rings. The summed E-state index contributed by atoms with van der Waals surface area (Å²) in [6, 6.07) is -0.361. The van der Waals surface area contributed by atoms with Crippen molar-refractivity contribution >= 4 is 18.2 Å². The summed E-state index contributed by atoms with van der Waals surface area (Å²) < 4.78 is 0. The van der Waals surface area contributed by atoms with Gasteiger partial charge in [-0.25, -0.2) is 0 Å². The lowest BCUT2D eigenvalue weighted by Crippen LogP contribution is -2.44. The minimum Gasteiger partial charge on any atom is -0.394 e. The first-order valence-corrected chi connectivity index (χ1v) is 8.36. The number of aliphatic hydroxyl groups excluding tert-OH is 1. The summed E-state index contributed by atoms with van der Waals surface area (Å²) in [6.45, 7) is 6.25. The Hall–Kier alpha value is -1.89. The molecule has 1 rings (SSSR count). The SMILES string of the molecule is C/C(=C\[C@H](C(C)C)N(C)C(=O)CNC=O)C(=O)N1CCC[C@H]1CO. The van der Waals surface area contributed by atoms with Gasteiger partial charge in [0.2, 0.25) is 18.2 Å². The molecular weight excluding hydrogens is 310 g/mol. The molecule has 0 radical (unpaired) electrons. The maximum absolute atomic E-state index is 12.6. The van der Waals surface area contributed by atoms with Gasteiger partial charge in [-0.2, -0.15) is 0 Å². The molecule has 1 aliphatic heterocycles. The van der Waals surface area contributed by atoms with Gasteiger partial charge in [0.05, 0.1) is 25.2 Å². The second-order valence-electron chi connectivity index (χ2n) is 6.56. The number of nitrogens with zero attached hydrogens (tertiary/aromatic N) is 2. The van der Waals surface area contributed by atoms with E-state index in [-0.39, 0.29) is 43.0 Å². The second-order valence-corrected chi connectivity index (χ2v) is 6.56. The standard InChI is InChI=1S/C17H29N3O4/c1-12(2)15(19(4)16(23)9-18-11-22)8-13(3)17(24)20-7-5-6-14(20)10-21/h8,11-12,14-15,21H,5-7,9-10H2,1-4H3,(H,18,22)/b13-8+/t14-,15+/m0/s1. The van der Waals surface area contributed by atoms with Crippen LogP contribution in [0, 0.1) is 5.92 Å². The van der Waals surface area contributed by atoms with Crippen molar-refractivity contribution in [3.63, 3.8) is 0 Å². The van der Waals surface area contributed by atoms with Gasteiger partial charge in [-0.3, -0.25) is 14.4 Å². The third-order valence-electron chi connectivity index (χ3n) is 4.47. The van der Waals surface area contributed by atoms with E-state index in [1.807, 2.05) is 13.8 Å². The van der Waals surface area contributed by atoms with Crippen molar-refractivity contribution in [2.75, 3.05) is 26.7 Å². The molecule has 0 aromatic carbocycles. The number of likely N-dealkylation sites (N-methyl/N-ethyl adjacent to an activating group) is 1. The molecule has 136 valence electrons. The van der Waals surface area contributed by atoms with Crippen molar-refractivity contribution in [3.05, 3.63) is 11.6 Å². The first-order valence-electron chi connectivity index (χ1n) is 8.36. The van der Waals surface area contributed by atoms with Gasteiger partial charge in [-0.15, -0.1) is 0 Å². The van der Waals surface area contributed by atoms with Crippen molar-refractivity contribution in [2.24, 2.45) is 5.92 Å². The summed E-state index contributed by atoms with van der Waals surface area (Å²) in [5.74, 6) is -0.194. The van der Waals surface area contributed by atoms with E-state index >= 15 is 0 Å². The highest BCUT2D eigenvalue weighted by Crippen LogP contribution is 2.21. The van der Waals surface area contributed by atoms with Crippen LogP contribution in [-0.2, 0) is 14.4 Å². The lowest BCUT2D eigenvalue weighted by atomic mass is 9.99. The van der Waals surface area contributed by atoms with Crippen molar-refractivity contribution in [2.45, 2.75) is 45.7 Å². The molecule has 0 spiro atoms. The number of carbonyl (C=O) groups excluding carboxylic acids is 3. The molecule has 1 fully saturated rings. The highest BCUT2D eigenvalue weighted by atomic mass is 16.3. The summed E-state index contributed by atoms with van der Waals surface area (Å²) in [6.07, 6.45) is 4.01. The molecule has 2 N–H and O–H groups in total. The van der Waals surface area contributed by atoms with Gasteiger partial charge < -0.3 is 20.2 Å². The van der Waals surface area contributed by atoms with Crippen LogP contribution >= 0.6 is 0 Å². The van der Waals surface area contributed by atoms with Crippen LogP contribution in [0.2, 0.25) is 0 Å². The van der Waals surface area contributed by atoms with Gasteiger partial charge >= 0.3 is 0 Å². The van der Waals surface area contributed by atoms with Crippen LogP contribution in [0.3, 0.4) is 0 Å². The van der Waals surface area contributed by atoms with Gasteiger partial charge in [0.25, 0.3) is 0 Å². The predicted octanol–water partition coefficient (Wildman–Crippen LogP) is 0.145. The van der Waals surface area contributed by atoms with E-state index in [9.17, 15) is 19.5 Å². The third-order valence-corrected chi connectivity index (χ3v) is 4.47. The zero-order chi connectivity index (χ0) is 18.3. The van der Waals surface area contributed by atoms with Crippen LogP contribution in [0.25, 0.3) is 0 Å². The fourth-order valence-corrected chi connectivity index (χ4v) is 3.02. The fraction of sp³-hybridized carbons (Fsp3) is 0.706. The quantitative estimate of drug-likeness (QED) is 0.486. The second kappa shape index (κ2) is 9.42. The molecule has 3 amide bonds. The fourth-order valence-electron chi connectivity index (χ4n) is 3.02. The van der Waals surface area contributed by atoms with Crippen LogP contribution in [0.15, 0.2) is 11.6 Å². The van der Waals surface area contributed by atoms with Crippen molar-refractivity contribution in [3.8, 4) is 0 Å². The maximum Gasteiger partial charge on any atom is 0.249 e. The molecule has 1 heterocycles. The average molecular weight is 339 g/mol. The molecule has 2 atom stereocenters. The molecule has 0 saturated carbocycles. The predicted molar refractivity (Wildman–Crippen MR) is 91.0 cm³/mol. The molecule has 0 unspecified atom stereocenters. The van der Waals surface area contributed by atoms with E-state index in [0.717, 1.165) is 12.8 Å². The van der Waals surface area contributed by atoms with Gasteiger partial charge in [-0.05, 0) is 25.7 Å². The van der Waals surface area contributed by atoms with Crippen LogP contribution in [-0.4, -0.2) is 72.0 Å². The molecule has 0 bridgehead atoms. The molecule has 0 aromatic rings. The van der Waals surface area contributed by atoms with Crippen LogP contribution in [0.4, 0.5) is 0 Å². The van der Waals surface area contributed by atoms with Gasteiger partial charge in [0.15, 0.2) is 0 Å². The minimum atomic E-state index is -0.245. The first kappa shape index (κ1) is 20.2. The van der Waals surface area contributed by atoms with E-state index < -0.39 is 0 Å². The van der Waals surface area contributed by atoms with Crippen LogP contribution in [0.1, 0.15) is 33.6 Å². The van der Waals surface area contributed by atoms with E-state index in [1.54, 1.807) is 29.8 Å². The minimum absolute atomic E-state index is 0.0254. The number of amides is 3. The summed E-state index contributed by atoms with van der Waals surface area (Å²) in [7, 11) is 1.67. The van der Waals surface area contributed by atoms with Crippen molar-refractivity contribution in [1.82, 2.24) is 15.1 Å². The zero-order valence-corrected chi connectivity index (χ0v) is 15.0. The molecule has 24 heavy (non-hydrogen) atoms. The Balaban J connectivity index is 2.88. The van der Waals surface area contributed by atoms with Crippen molar-refractivity contribution < 1.29 is 19.5 Å². The number of likely N-dealkylation sites (tertiary alicyclic amines) is 1. The topological polar surface area (TPSA) is 90.0 Å². The lowest BCUT2D eigenvalue weighted by Gasteiger charge is -2.30. The van der Waals surface area contributed by atoms with Gasteiger partial charge in [0.1, 0.15) is 0 Å². The Labute approximate surface area is 143 Å². The molecule has 0 aliphatic carbocycles. The zero-order valence-electron chi connectivity index (χ0n) is 15.0. The summed E-state index contributed by atoms with van der Waals surface area (Å²) in [5.41, 5.74) is 0.567.